The van der Waals surface area contributed by atoms with Crippen LogP contribution in [0.3, 0.4) is 0 Å². The van der Waals surface area contributed by atoms with Crippen LogP contribution < -0.4 is 5.43 Å². The van der Waals surface area contributed by atoms with Crippen molar-refractivity contribution >= 4 is 12.1 Å². The molecule has 0 saturated heterocycles. The number of amides is 1. The number of nitrogens with one attached hydrogen (secondary N) is 1. The molecule has 0 aliphatic heterocycles. The SMILES string of the molecule is CC(C)c1ccc(C(=O)N/N=C/c2ccccc2O)cc1. The van der Waals surface area contributed by atoms with E-state index >= 15 is 0 Å². The summed E-state index contributed by atoms with van der Waals surface area (Å²) in [7, 11) is 0. The third-order valence-corrected chi connectivity index (χ3v) is 3.15. The van der Waals surface area contributed by atoms with E-state index in [0.717, 1.165) is 0 Å². The van der Waals surface area contributed by atoms with Gasteiger partial charge in [-0.2, -0.15) is 5.10 Å². The first-order valence-electron chi connectivity index (χ1n) is 6.79. The van der Waals surface area contributed by atoms with Gasteiger partial charge in [-0.1, -0.05) is 38.1 Å². The summed E-state index contributed by atoms with van der Waals surface area (Å²) in [5.41, 5.74) is 4.73. The van der Waals surface area contributed by atoms with Crippen LogP contribution in [-0.2, 0) is 0 Å². The minimum atomic E-state index is -0.281. The van der Waals surface area contributed by atoms with Gasteiger partial charge in [0.2, 0.25) is 0 Å². The van der Waals surface area contributed by atoms with Gasteiger partial charge in [0, 0.05) is 11.1 Å². The lowest BCUT2D eigenvalue weighted by atomic mass is 10.0. The van der Waals surface area contributed by atoms with Crippen molar-refractivity contribution in [2.24, 2.45) is 5.10 Å². The molecule has 2 N–H and O–H groups in total. The van der Waals surface area contributed by atoms with E-state index in [-0.39, 0.29) is 11.7 Å². The second-order valence-corrected chi connectivity index (χ2v) is 5.03. The van der Waals surface area contributed by atoms with Crippen molar-refractivity contribution in [2.45, 2.75) is 19.8 Å². The summed E-state index contributed by atoms with van der Waals surface area (Å²) in [6, 6.07) is 14.2. The fourth-order valence-electron chi connectivity index (χ4n) is 1.84. The van der Waals surface area contributed by atoms with Crippen molar-refractivity contribution < 1.29 is 9.90 Å². The number of nitrogens with zero attached hydrogens (tertiary/aromatic N) is 1. The van der Waals surface area contributed by atoms with Crippen molar-refractivity contribution in [2.75, 3.05) is 0 Å². The Labute approximate surface area is 124 Å². The zero-order valence-electron chi connectivity index (χ0n) is 12.1. The van der Waals surface area contributed by atoms with E-state index < -0.39 is 0 Å². The molecule has 0 bridgehead atoms. The normalized spacial score (nSPS) is 11.0. The molecular weight excluding hydrogens is 264 g/mol. The summed E-state index contributed by atoms with van der Waals surface area (Å²) in [5.74, 6) is 0.273. The van der Waals surface area contributed by atoms with Crippen LogP contribution in [0, 0.1) is 0 Å². The molecule has 2 rings (SSSR count). The molecule has 108 valence electrons. The van der Waals surface area contributed by atoms with E-state index in [1.165, 1.54) is 11.8 Å². The number of aromatic hydroxyl groups is 1. The molecule has 0 radical (unpaired) electrons. The molecule has 0 aliphatic carbocycles. The van der Waals surface area contributed by atoms with Crippen molar-refractivity contribution in [3.8, 4) is 5.75 Å². The number of rotatable bonds is 4. The third-order valence-electron chi connectivity index (χ3n) is 3.15. The number of phenolic OH excluding ortho intramolecular Hbond substituents is 1. The van der Waals surface area contributed by atoms with Crippen molar-refractivity contribution in [1.82, 2.24) is 5.43 Å². The minimum absolute atomic E-state index is 0.122. The minimum Gasteiger partial charge on any atom is -0.507 e. The van der Waals surface area contributed by atoms with Gasteiger partial charge in [0.15, 0.2) is 0 Å². The summed E-state index contributed by atoms with van der Waals surface area (Å²) < 4.78 is 0. The molecule has 1 amide bonds. The zero-order chi connectivity index (χ0) is 15.2. The number of benzene rings is 2. The molecule has 0 aliphatic rings. The Morgan fingerprint density at radius 2 is 1.81 bits per heavy atom. The highest BCUT2D eigenvalue weighted by atomic mass is 16.3. The van der Waals surface area contributed by atoms with E-state index in [2.05, 4.69) is 24.4 Å². The molecule has 0 aromatic heterocycles. The van der Waals surface area contributed by atoms with Gasteiger partial charge in [0.1, 0.15) is 5.75 Å². The number of carbonyl (C=O) groups excluding carboxylic acids is 1. The number of phenols is 1. The zero-order valence-corrected chi connectivity index (χ0v) is 12.1. The van der Waals surface area contributed by atoms with Gasteiger partial charge in [-0.25, -0.2) is 5.43 Å². The molecule has 2 aromatic rings. The highest BCUT2D eigenvalue weighted by molar-refractivity contribution is 5.95. The smallest absolute Gasteiger partial charge is 0.271 e. The molecule has 0 fully saturated rings. The van der Waals surface area contributed by atoms with Gasteiger partial charge in [-0.3, -0.25) is 4.79 Å². The molecular formula is C17H18N2O2. The van der Waals surface area contributed by atoms with Crippen LogP contribution in [-0.4, -0.2) is 17.2 Å². The average Bonchev–Trinajstić information content (AvgIpc) is 2.49. The largest absolute Gasteiger partial charge is 0.507 e. The molecule has 4 nitrogen and oxygen atoms in total. The van der Waals surface area contributed by atoms with Crippen LogP contribution in [0.2, 0.25) is 0 Å². The van der Waals surface area contributed by atoms with E-state index in [1.807, 2.05) is 12.1 Å². The van der Waals surface area contributed by atoms with Gasteiger partial charge in [-0.15, -0.1) is 0 Å². The number of hydrogen-bond acceptors (Lipinski definition) is 3. The van der Waals surface area contributed by atoms with Gasteiger partial charge >= 0.3 is 0 Å². The quantitative estimate of drug-likeness (QED) is 0.667. The maximum atomic E-state index is 11.9. The van der Waals surface area contributed by atoms with E-state index in [9.17, 15) is 9.90 Å². The molecule has 2 aromatic carbocycles. The van der Waals surface area contributed by atoms with E-state index in [4.69, 9.17) is 0 Å². The lowest BCUT2D eigenvalue weighted by molar-refractivity contribution is 0.0955. The number of hydrogen-bond donors (Lipinski definition) is 2. The van der Waals surface area contributed by atoms with Crippen LogP contribution in [0.25, 0.3) is 0 Å². The highest BCUT2D eigenvalue weighted by Gasteiger charge is 2.05. The second-order valence-electron chi connectivity index (χ2n) is 5.03. The molecule has 0 atom stereocenters. The Morgan fingerprint density at radius 1 is 1.14 bits per heavy atom. The van der Waals surface area contributed by atoms with Gasteiger partial charge in [-0.05, 0) is 35.7 Å². The lowest BCUT2D eigenvalue weighted by Gasteiger charge is -2.06. The monoisotopic (exact) mass is 282 g/mol. The topological polar surface area (TPSA) is 61.7 Å². The number of para-hydroxylation sites is 1. The third kappa shape index (κ3) is 3.92. The lowest BCUT2D eigenvalue weighted by Crippen LogP contribution is -2.17. The van der Waals surface area contributed by atoms with Crippen LogP contribution in [0.5, 0.6) is 5.75 Å². The van der Waals surface area contributed by atoms with Crippen LogP contribution in [0.15, 0.2) is 53.6 Å². The average molecular weight is 282 g/mol. The highest BCUT2D eigenvalue weighted by Crippen LogP contribution is 2.15. The summed E-state index contributed by atoms with van der Waals surface area (Å²) in [4.78, 5) is 11.9. The first-order valence-corrected chi connectivity index (χ1v) is 6.79. The standard InChI is InChI=1S/C17H18N2O2/c1-12(2)13-7-9-14(10-8-13)17(21)19-18-11-15-5-3-4-6-16(15)20/h3-12,20H,1-2H3,(H,19,21)/b18-11+. The Hall–Kier alpha value is -2.62. The predicted molar refractivity (Wildman–Crippen MR) is 83.7 cm³/mol. The molecule has 0 spiro atoms. The second kappa shape index (κ2) is 6.70. The first-order chi connectivity index (χ1) is 10.1. The maximum absolute atomic E-state index is 11.9. The Bertz CT molecular complexity index is 646. The van der Waals surface area contributed by atoms with E-state index in [1.54, 1.807) is 36.4 Å². The van der Waals surface area contributed by atoms with Crippen molar-refractivity contribution in [1.29, 1.82) is 0 Å². The Morgan fingerprint density at radius 3 is 2.43 bits per heavy atom. The van der Waals surface area contributed by atoms with Crippen LogP contribution >= 0.6 is 0 Å². The molecule has 21 heavy (non-hydrogen) atoms. The van der Waals surface area contributed by atoms with Crippen molar-refractivity contribution in [3.63, 3.8) is 0 Å². The molecule has 0 heterocycles. The number of hydrazone groups is 1. The fourth-order valence-corrected chi connectivity index (χ4v) is 1.84. The van der Waals surface area contributed by atoms with Crippen LogP contribution in [0.1, 0.15) is 41.3 Å². The van der Waals surface area contributed by atoms with Crippen LogP contribution in [0.4, 0.5) is 0 Å². The summed E-state index contributed by atoms with van der Waals surface area (Å²) in [6.07, 6.45) is 1.41. The molecule has 0 saturated carbocycles. The molecule has 4 heteroatoms. The maximum Gasteiger partial charge on any atom is 0.271 e. The van der Waals surface area contributed by atoms with Gasteiger partial charge < -0.3 is 5.11 Å². The Balaban J connectivity index is 2.00. The molecule has 0 unspecified atom stereocenters. The number of carbonyl (C=O) groups is 1. The van der Waals surface area contributed by atoms with E-state index in [0.29, 0.717) is 17.0 Å². The van der Waals surface area contributed by atoms with Gasteiger partial charge in [0.25, 0.3) is 5.91 Å². The van der Waals surface area contributed by atoms with Gasteiger partial charge in [0.05, 0.1) is 6.21 Å². The summed E-state index contributed by atoms with van der Waals surface area (Å²) in [6.45, 7) is 4.21. The fraction of sp³-hybridized carbons (Fsp3) is 0.176. The Kier molecular flexibility index (Phi) is 4.72. The first kappa shape index (κ1) is 14.8. The van der Waals surface area contributed by atoms with Crippen molar-refractivity contribution in [3.05, 3.63) is 65.2 Å². The predicted octanol–water partition coefficient (Wildman–Crippen LogP) is 3.28. The summed E-state index contributed by atoms with van der Waals surface area (Å²) in [5, 5.41) is 13.4. The summed E-state index contributed by atoms with van der Waals surface area (Å²) >= 11 is 0.